The van der Waals surface area contributed by atoms with Crippen LogP contribution < -0.4 is 0 Å². The highest BCUT2D eigenvalue weighted by Gasteiger charge is 2.09. The maximum Gasteiger partial charge on any atom is 0.149 e. The van der Waals surface area contributed by atoms with Crippen LogP contribution in [0.15, 0.2) is 23.7 Å². The summed E-state index contributed by atoms with van der Waals surface area (Å²) in [6.45, 7) is 2.02. The summed E-state index contributed by atoms with van der Waals surface area (Å²) in [7, 11) is 0. The van der Waals surface area contributed by atoms with Crippen molar-refractivity contribution in [3.8, 4) is 10.6 Å². The van der Waals surface area contributed by atoms with Crippen LogP contribution in [-0.2, 0) is 0 Å². The van der Waals surface area contributed by atoms with Crippen LogP contribution in [0.5, 0.6) is 0 Å². The van der Waals surface area contributed by atoms with E-state index >= 15 is 0 Å². The zero-order valence-electron chi connectivity index (χ0n) is 7.97. The van der Waals surface area contributed by atoms with E-state index in [9.17, 15) is 0 Å². The fraction of sp³-hybridized carbons (Fsp3) is 0.100. The van der Waals surface area contributed by atoms with Gasteiger partial charge in [-0.05, 0) is 19.1 Å². The molecule has 0 saturated carbocycles. The Morgan fingerprint density at radius 1 is 1.27 bits per heavy atom. The van der Waals surface area contributed by atoms with E-state index in [1.165, 1.54) is 4.70 Å². The Morgan fingerprint density at radius 3 is 3.00 bits per heavy atom. The molecule has 15 heavy (non-hydrogen) atoms. The molecule has 0 saturated heterocycles. The van der Waals surface area contributed by atoms with E-state index < -0.39 is 0 Å². The minimum atomic E-state index is 0.936. The van der Waals surface area contributed by atoms with Gasteiger partial charge in [-0.1, -0.05) is 17.4 Å². The first-order valence-corrected chi connectivity index (χ1v) is 6.17. The summed E-state index contributed by atoms with van der Waals surface area (Å²) in [5.74, 6) is 0. The largest absolute Gasteiger partial charge is 0.241 e. The zero-order chi connectivity index (χ0) is 10.3. The molecule has 3 nitrogen and oxygen atoms in total. The number of rotatable bonds is 1. The lowest BCUT2D eigenvalue weighted by atomic mass is 10.2. The maximum absolute atomic E-state index is 4.53. The molecule has 3 rings (SSSR count). The lowest BCUT2D eigenvalue weighted by Crippen LogP contribution is -1.79. The van der Waals surface area contributed by atoms with Gasteiger partial charge in [0.05, 0.1) is 15.2 Å². The Labute approximate surface area is 94.4 Å². The molecular formula is C10H7N3S2. The van der Waals surface area contributed by atoms with Crippen LogP contribution in [0.25, 0.3) is 20.8 Å². The van der Waals surface area contributed by atoms with Crippen molar-refractivity contribution in [2.75, 3.05) is 0 Å². The van der Waals surface area contributed by atoms with Gasteiger partial charge in [0.25, 0.3) is 0 Å². The van der Waals surface area contributed by atoms with Crippen LogP contribution in [0.2, 0.25) is 0 Å². The highest BCUT2D eigenvalue weighted by Crippen LogP contribution is 2.31. The van der Waals surface area contributed by atoms with E-state index in [0.29, 0.717) is 0 Å². The van der Waals surface area contributed by atoms with Crippen molar-refractivity contribution in [1.82, 2.24) is 15.2 Å². The van der Waals surface area contributed by atoms with Gasteiger partial charge in [0.2, 0.25) is 0 Å². The van der Waals surface area contributed by atoms with Crippen molar-refractivity contribution in [2.24, 2.45) is 0 Å². The van der Waals surface area contributed by atoms with Crippen molar-refractivity contribution in [3.63, 3.8) is 0 Å². The lowest BCUT2D eigenvalue weighted by Gasteiger charge is -1.95. The first-order chi connectivity index (χ1) is 7.34. The molecule has 2 aromatic heterocycles. The molecule has 0 aliphatic rings. The Hall–Kier alpha value is -1.33. The quantitative estimate of drug-likeness (QED) is 0.648. The smallest absolute Gasteiger partial charge is 0.149 e. The van der Waals surface area contributed by atoms with Crippen molar-refractivity contribution < 1.29 is 0 Å². The molecule has 0 bridgehead atoms. The predicted molar refractivity (Wildman–Crippen MR) is 63.3 cm³/mol. The van der Waals surface area contributed by atoms with Gasteiger partial charge in [-0.15, -0.1) is 21.5 Å². The van der Waals surface area contributed by atoms with Crippen LogP contribution in [0.3, 0.4) is 0 Å². The highest BCUT2D eigenvalue weighted by molar-refractivity contribution is 7.18. The molecule has 1 aromatic carbocycles. The minimum absolute atomic E-state index is 0.936. The number of aryl methyl sites for hydroxylation is 1. The molecular weight excluding hydrogens is 226 g/mol. The molecule has 0 fully saturated rings. The third kappa shape index (κ3) is 1.44. The minimum Gasteiger partial charge on any atom is -0.241 e. The molecule has 0 N–H and O–H groups in total. The number of para-hydroxylation sites is 1. The summed E-state index contributed by atoms with van der Waals surface area (Å²) < 4.78 is 1.21. The van der Waals surface area contributed by atoms with E-state index in [1.54, 1.807) is 28.2 Å². The van der Waals surface area contributed by atoms with Crippen molar-refractivity contribution in [3.05, 3.63) is 28.7 Å². The van der Waals surface area contributed by atoms with Gasteiger partial charge in [-0.3, -0.25) is 0 Å². The number of benzene rings is 1. The molecule has 0 amide bonds. The summed E-state index contributed by atoms with van der Waals surface area (Å²) in [6.07, 6.45) is 0. The van der Waals surface area contributed by atoms with E-state index in [0.717, 1.165) is 21.1 Å². The third-order valence-electron chi connectivity index (χ3n) is 2.12. The second-order valence-electron chi connectivity index (χ2n) is 3.13. The predicted octanol–water partition coefficient (Wildman–Crippen LogP) is 3.12. The Morgan fingerprint density at radius 2 is 2.20 bits per heavy atom. The van der Waals surface area contributed by atoms with Gasteiger partial charge in [-0.25, -0.2) is 4.98 Å². The van der Waals surface area contributed by atoms with Crippen LogP contribution in [0.4, 0.5) is 0 Å². The SMILES string of the molecule is Cc1nc2c(-c3nncs3)cccc2s1. The number of thiazole rings is 1. The maximum atomic E-state index is 4.53. The van der Waals surface area contributed by atoms with Crippen molar-refractivity contribution >= 4 is 32.9 Å². The number of nitrogens with zero attached hydrogens (tertiary/aromatic N) is 3. The summed E-state index contributed by atoms with van der Waals surface area (Å²) in [4.78, 5) is 4.53. The van der Waals surface area contributed by atoms with Gasteiger partial charge < -0.3 is 0 Å². The van der Waals surface area contributed by atoms with Crippen LogP contribution >= 0.6 is 22.7 Å². The molecule has 0 atom stereocenters. The molecule has 0 radical (unpaired) electrons. The van der Waals surface area contributed by atoms with Crippen molar-refractivity contribution in [2.45, 2.75) is 6.92 Å². The molecule has 74 valence electrons. The standard InChI is InChI=1S/C10H7N3S2/c1-6-12-9-7(10-13-11-5-14-10)3-2-4-8(9)15-6/h2-5H,1H3. The van der Waals surface area contributed by atoms with Crippen LogP contribution in [0, 0.1) is 6.92 Å². The summed E-state index contributed by atoms with van der Waals surface area (Å²) in [5.41, 5.74) is 3.86. The van der Waals surface area contributed by atoms with Gasteiger partial charge in [0, 0.05) is 5.56 Å². The first-order valence-electron chi connectivity index (χ1n) is 4.47. The summed E-state index contributed by atoms with van der Waals surface area (Å²) >= 11 is 3.25. The Balaban J connectivity index is 2.35. The van der Waals surface area contributed by atoms with Gasteiger partial charge in [0.15, 0.2) is 0 Å². The fourth-order valence-electron chi connectivity index (χ4n) is 1.52. The normalized spacial score (nSPS) is 11.0. The number of hydrogen-bond acceptors (Lipinski definition) is 5. The third-order valence-corrected chi connectivity index (χ3v) is 3.78. The average molecular weight is 233 g/mol. The first kappa shape index (κ1) is 8.94. The van der Waals surface area contributed by atoms with E-state index in [2.05, 4.69) is 21.2 Å². The van der Waals surface area contributed by atoms with Gasteiger partial charge in [-0.2, -0.15) is 0 Å². The number of aromatic nitrogens is 3. The second-order valence-corrected chi connectivity index (χ2v) is 5.20. The van der Waals surface area contributed by atoms with Crippen LogP contribution in [0.1, 0.15) is 5.01 Å². The Kier molecular flexibility index (Phi) is 2.00. The molecule has 0 aliphatic carbocycles. The monoisotopic (exact) mass is 233 g/mol. The van der Waals surface area contributed by atoms with Gasteiger partial charge >= 0.3 is 0 Å². The van der Waals surface area contributed by atoms with E-state index in [1.807, 2.05) is 19.1 Å². The fourth-order valence-corrected chi connectivity index (χ4v) is 2.96. The van der Waals surface area contributed by atoms with E-state index in [-0.39, 0.29) is 0 Å². The lowest BCUT2D eigenvalue weighted by molar-refractivity contribution is 1.10. The van der Waals surface area contributed by atoms with Crippen molar-refractivity contribution in [1.29, 1.82) is 0 Å². The molecule has 0 spiro atoms. The number of hydrogen-bond donors (Lipinski definition) is 0. The van der Waals surface area contributed by atoms with Gasteiger partial charge in [0.1, 0.15) is 10.5 Å². The average Bonchev–Trinajstić information content (AvgIpc) is 2.82. The van der Waals surface area contributed by atoms with E-state index in [4.69, 9.17) is 0 Å². The molecule has 2 heterocycles. The molecule has 5 heteroatoms. The molecule has 0 aliphatic heterocycles. The molecule has 3 aromatic rings. The summed E-state index contributed by atoms with van der Waals surface area (Å²) in [6, 6.07) is 6.17. The Bertz CT molecular complexity index is 598. The molecule has 0 unspecified atom stereocenters. The topological polar surface area (TPSA) is 38.7 Å². The zero-order valence-corrected chi connectivity index (χ0v) is 9.60. The van der Waals surface area contributed by atoms with Crippen LogP contribution in [-0.4, -0.2) is 15.2 Å². The number of fused-ring (bicyclic) bond motifs is 1. The highest BCUT2D eigenvalue weighted by atomic mass is 32.1. The summed E-state index contributed by atoms with van der Waals surface area (Å²) in [5, 5.41) is 9.96. The second kappa shape index (κ2) is 3.36.